The number of aromatic carboxylic acids is 2. The molecule has 0 spiro atoms. The third kappa shape index (κ3) is 3.53. The molecule has 2 N–H and O–H groups in total. The highest BCUT2D eigenvalue weighted by molar-refractivity contribution is 6.15. The molecule has 0 aliphatic carbocycles. The summed E-state index contributed by atoms with van der Waals surface area (Å²) in [4.78, 5) is 24.8. The van der Waals surface area contributed by atoms with Crippen LogP contribution in [-0.4, -0.2) is 22.2 Å². The smallest absolute Gasteiger partial charge is 0.337 e. The second-order valence-electron chi connectivity index (χ2n) is 7.10. The van der Waals surface area contributed by atoms with E-state index in [4.69, 9.17) is 6.42 Å². The molecule has 0 saturated heterocycles. The zero-order valence-corrected chi connectivity index (χ0v) is 16.9. The minimum Gasteiger partial charge on any atom is -0.478 e. The van der Waals surface area contributed by atoms with Gasteiger partial charge in [-0.15, -0.1) is 6.42 Å². The molecule has 0 aromatic heterocycles. The first-order valence-corrected chi connectivity index (χ1v) is 9.88. The number of hydrogen-bond donors (Lipinski definition) is 2. The molecule has 0 fully saturated rings. The number of carbonyl (C=O) groups is 2. The maximum absolute atomic E-state index is 12.5. The van der Waals surface area contributed by atoms with Crippen LogP contribution in [0, 0.1) is 12.3 Å². The van der Waals surface area contributed by atoms with Crippen LogP contribution < -0.4 is 0 Å². The maximum Gasteiger partial charge on any atom is 0.337 e. The van der Waals surface area contributed by atoms with Crippen LogP contribution in [0.25, 0.3) is 33.4 Å². The summed E-state index contributed by atoms with van der Waals surface area (Å²) in [5.41, 5.74) is 2.77. The summed E-state index contributed by atoms with van der Waals surface area (Å²) in [6, 6.07) is 27.4. The van der Waals surface area contributed by atoms with Gasteiger partial charge >= 0.3 is 11.9 Å². The zero-order valence-electron chi connectivity index (χ0n) is 16.9. The normalized spacial score (nSPS) is 10.3. The van der Waals surface area contributed by atoms with Crippen LogP contribution in [0.1, 0.15) is 26.3 Å². The second-order valence-corrected chi connectivity index (χ2v) is 7.10. The Labute approximate surface area is 185 Å². The molecule has 0 aliphatic heterocycles. The molecule has 4 aromatic carbocycles. The Hall–Kier alpha value is -4.62. The standard InChI is InChI=1S/C28H18O4/c1-2-21-22(18-12-6-3-7-13-18)23(19-14-8-4-9-15-19)24(20-16-10-5-11-17-20)26(28(31)32)25(21)27(29)30/h1,3-17H,(H,29,30)(H,31,32). The van der Waals surface area contributed by atoms with E-state index in [0.29, 0.717) is 27.8 Å². The first-order chi connectivity index (χ1) is 15.5. The molecule has 0 radical (unpaired) electrons. The third-order valence-electron chi connectivity index (χ3n) is 5.26. The molecular formula is C28H18O4. The molecular weight excluding hydrogens is 400 g/mol. The fourth-order valence-corrected chi connectivity index (χ4v) is 4.00. The van der Waals surface area contributed by atoms with E-state index in [-0.39, 0.29) is 11.1 Å². The monoisotopic (exact) mass is 418 g/mol. The van der Waals surface area contributed by atoms with Gasteiger partial charge in [0.05, 0.1) is 11.1 Å². The average molecular weight is 418 g/mol. The van der Waals surface area contributed by atoms with Gasteiger partial charge in [-0.2, -0.15) is 0 Å². The highest BCUT2D eigenvalue weighted by atomic mass is 16.4. The molecule has 0 saturated carbocycles. The SMILES string of the molecule is C#Cc1c(C(=O)O)c(C(=O)O)c(-c2ccccc2)c(-c2ccccc2)c1-c1ccccc1. The van der Waals surface area contributed by atoms with Gasteiger partial charge in [0, 0.05) is 16.7 Å². The summed E-state index contributed by atoms with van der Waals surface area (Å²) < 4.78 is 0. The topological polar surface area (TPSA) is 74.6 Å². The molecule has 0 amide bonds. The van der Waals surface area contributed by atoms with Gasteiger partial charge in [-0.25, -0.2) is 9.59 Å². The third-order valence-corrected chi connectivity index (χ3v) is 5.26. The fourth-order valence-electron chi connectivity index (χ4n) is 4.00. The van der Waals surface area contributed by atoms with Crippen LogP contribution >= 0.6 is 0 Å². The Morgan fingerprint density at radius 1 is 0.562 bits per heavy atom. The number of terminal acetylenes is 1. The summed E-state index contributed by atoms with van der Waals surface area (Å²) in [5, 5.41) is 20.2. The Kier molecular flexibility index (Phi) is 5.57. The van der Waals surface area contributed by atoms with Crippen molar-refractivity contribution in [3.8, 4) is 45.7 Å². The van der Waals surface area contributed by atoms with Gasteiger partial charge in [0.15, 0.2) is 0 Å². The van der Waals surface area contributed by atoms with Gasteiger partial charge in [0.1, 0.15) is 0 Å². The van der Waals surface area contributed by atoms with Crippen molar-refractivity contribution in [2.24, 2.45) is 0 Å². The molecule has 0 bridgehead atoms. The summed E-state index contributed by atoms with van der Waals surface area (Å²) in [6.07, 6.45) is 5.83. The van der Waals surface area contributed by atoms with Crippen molar-refractivity contribution < 1.29 is 19.8 Å². The van der Waals surface area contributed by atoms with Crippen molar-refractivity contribution in [2.45, 2.75) is 0 Å². The molecule has 4 rings (SSSR count). The summed E-state index contributed by atoms with van der Waals surface area (Å²) in [6.45, 7) is 0. The van der Waals surface area contributed by atoms with E-state index in [2.05, 4.69) is 5.92 Å². The van der Waals surface area contributed by atoms with Crippen LogP contribution in [0.3, 0.4) is 0 Å². The van der Waals surface area contributed by atoms with Crippen LogP contribution in [0.4, 0.5) is 0 Å². The molecule has 154 valence electrons. The Balaban J connectivity index is 2.35. The van der Waals surface area contributed by atoms with Gasteiger partial charge in [-0.05, 0) is 22.3 Å². The number of hydrogen-bond acceptors (Lipinski definition) is 2. The molecule has 4 nitrogen and oxygen atoms in total. The van der Waals surface area contributed by atoms with Gasteiger partial charge in [0.25, 0.3) is 0 Å². The Morgan fingerprint density at radius 3 is 1.31 bits per heavy atom. The first kappa shape index (κ1) is 20.6. The summed E-state index contributed by atoms with van der Waals surface area (Å²) in [7, 11) is 0. The molecule has 4 aromatic rings. The van der Waals surface area contributed by atoms with E-state index in [0.717, 1.165) is 5.56 Å². The minimum absolute atomic E-state index is 0.0413. The highest BCUT2D eigenvalue weighted by Gasteiger charge is 2.31. The fraction of sp³-hybridized carbons (Fsp3) is 0. The van der Waals surface area contributed by atoms with Crippen molar-refractivity contribution in [3.63, 3.8) is 0 Å². The number of carboxylic acid groups (broad SMARTS) is 2. The molecule has 0 unspecified atom stereocenters. The lowest BCUT2D eigenvalue weighted by atomic mass is 9.79. The van der Waals surface area contributed by atoms with Gasteiger partial charge in [-0.3, -0.25) is 0 Å². The predicted molar refractivity (Wildman–Crippen MR) is 125 cm³/mol. The number of carboxylic acids is 2. The largest absolute Gasteiger partial charge is 0.478 e. The molecule has 32 heavy (non-hydrogen) atoms. The van der Waals surface area contributed by atoms with Crippen molar-refractivity contribution in [2.75, 3.05) is 0 Å². The van der Waals surface area contributed by atoms with Crippen molar-refractivity contribution in [1.82, 2.24) is 0 Å². The van der Waals surface area contributed by atoms with E-state index in [1.807, 2.05) is 66.7 Å². The number of benzene rings is 4. The maximum atomic E-state index is 12.5. The zero-order chi connectivity index (χ0) is 22.7. The van der Waals surface area contributed by atoms with Crippen LogP contribution in [0.5, 0.6) is 0 Å². The highest BCUT2D eigenvalue weighted by Crippen LogP contribution is 2.46. The van der Waals surface area contributed by atoms with Gasteiger partial charge in [0.2, 0.25) is 0 Å². The summed E-state index contributed by atoms with van der Waals surface area (Å²) >= 11 is 0. The lowest BCUT2D eigenvalue weighted by Crippen LogP contribution is -2.15. The van der Waals surface area contributed by atoms with Gasteiger partial charge < -0.3 is 10.2 Å². The second kappa shape index (κ2) is 8.63. The lowest BCUT2D eigenvalue weighted by molar-refractivity contribution is 0.0652. The molecule has 4 heteroatoms. The van der Waals surface area contributed by atoms with Gasteiger partial charge in [-0.1, -0.05) is 96.9 Å². The Bertz CT molecular complexity index is 1350. The molecule has 0 heterocycles. The number of rotatable bonds is 5. The van der Waals surface area contributed by atoms with E-state index in [9.17, 15) is 19.8 Å². The van der Waals surface area contributed by atoms with Crippen LogP contribution in [0.15, 0.2) is 91.0 Å². The lowest BCUT2D eigenvalue weighted by Gasteiger charge is -2.23. The van der Waals surface area contributed by atoms with Crippen molar-refractivity contribution in [3.05, 3.63) is 108 Å². The van der Waals surface area contributed by atoms with E-state index in [1.165, 1.54) is 0 Å². The van der Waals surface area contributed by atoms with E-state index in [1.54, 1.807) is 24.3 Å². The van der Waals surface area contributed by atoms with E-state index >= 15 is 0 Å². The molecule has 0 aliphatic rings. The minimum atomic E-state index is -1.38. The average Bonchev–Trinajstić information content (AvgIpc) is 2.83. The molecule has 0 atom stereocenters. The van der Waals surface area contributed by atoms with Crippen molar-refractivity contribution >= 4 is 11.9 Å². The van der Waals surface area contributed by atoms with E-state index < -0.39 is 17.5 Å². The first-order valence-electron chi connectivity index (χ1n) is 9.88. The Morgan fingerprint density at radius 2 is 0.938 bits per heavy atom. The van der Waals surface area contributed by atoms with Crippen LogP contribution in [0.2, 0.25) is 0 Å². The predicted octanol–water partition coefficient (Wildman–Crippen LogP) is 6.07. The van der Waals surface area contributed by atoms with Crippen LogP contribution in [-0.2, 0) is 0 Å². The quantitative estimate of drug-likeness (QED) is 0.386. The summed E-state index contributed by atoms with van der Waals surface area (Å²) in [5.74, 6) is -0.253. The van der Waals surface area contributed by atoms with Crippen molar-refractivity contribution in [1.29, 1.82) is 0 Å².